The molecule has 3 N–H and O–H groups in total. The Labute approximate surface area is 101 Å². The lowest BCUT2D eigenvalue weighted by atomic mass is 9.77. The number of benzene rings is 1. The Morgan fingerprint density at radius 1 is 1.47 bits per heavy atom. The minimum Gasteiger partial charge on any atom is -0.497 e. The molecule has 90 valence electrons. The molecular weight excluding hydrogens is 214 g/mol. The van der Waals surface area contributed by atoms with E-state index in [0.29, 0.717) is 5.96 Å². The van der Waals surface area contributed by atoms with Crippen LogP contribution in [0.2, 0.25) is 0 Å². The van der Waals surface area contributed by atoms with Crippen molar-refractivity contribution in [2.45, 2.75) is 24.8 Å². The van der Waals surface area contributed by atoms with Gasteiger partial charge in [-0.3, -0.25) is 4.99 Å². The molecule has 0 fully saturated rings. The Kier molecular flexibility index (Phi) is 2.24. The van der Waals surface area contributed by atoms with Crippen LogP contribution in [0.4, 0.5) is 0 Å². The number of nitrogens with two attached hydrogens (primary N) is 1. The van der Waals surface area contributed by atoms with Crippen LogP contribution in [0.3, 0.4) is 0 Å². The fourth-order valence-electron chi connectivity index (χ4n) is 2.92. The topological polar surface area (TPSA) is 59.6 Å². The van der Waals surface area contributed by atoms with Crippen LogP contribution >= 0.6 is 0 Å². The van der Waals surface area contributed by atoms with Gasteiger partial charge in [0.25, 0.3) is 0 Å². The van der Waals surface area contributed by atoms with Gasteiger partial charge >= 0.3 is 0 Å². The van der Waals surface area contributed by atoms with Crippen molar-refractivity contribution < 1.29 is 4.74 Å². The van der Waals surface area contributed by atoms with E-state index in [2.05, 4.69) is 22.4 Å². The van der Waals surface area contributed by atoms with Gasteiger partial charge in [-0.1, -0.05) is 6.07 Å². The quantitative estimate of drug-likeness (QED) is 0.762. The fraction of sp³-hybridized carbons (Fsp3) is 0.462. The summed E-state index contributed by atoms with van der Waals surface area (Å²) in [5, 5.41) is 3.35. The van der Waals surface area contributed by atoms with Crippen LogP contribution in [-0.4, -0.2) is 19.6 Å². The summed E-state index contributed by atoms with van der Waals surface area (Å²) in [6, 6.07) is 6.29. The highest BCUT2D eigenvalue weighted by atomic mass is 16.5. The highest BCUT2D eigenvalue weighted by Crippen LogP contribution is 2.38. The van der Waals surface area contributed by atoms with Gasteiger partial charge in [0.05, 0.1) is 19.2 Å². The molecule has 0 radical (unpaired) electrons. The number of ether oxygens (including phenoxy) is 1. The molecule has 4 heteroatoms. The largest absolute Gasteiger partial charge is 0.497 e. The molecule has 1 aromatic rings. The molecule has 3 rings (SSSR count). The van der Waals surface area contributed by atoms with Crippen molar-refractivity contribution >= 4 is 5.96 Å². The fourth-order valence-corrected chi connectivity index (χ4v) is 2.92. The van der Waals surface area contributed by atoms with E-state index in [1.165, 1.54) is 11.1 Å². The van der Waals surface area contributed by atoms with Crippen molar-refractivity contribution in [2.24, 2.45) is 10.7 Å². The number of hydrogen-bond acceptors (Lipinski definition) is 4. The van der Waals surface area contributed by atoms with Gasteiger partial charge < -0.3 is 15.8 Å². The molecular formula is C13H17N3O. The zero-order valence-corrected chi connectivity index (χ0v) is 9.99. The summed E-state index contributed by atoms with van der Waals surface area (Å²) in [6.07, 6.45) is 3.36. The monoisotopic (exact) mass is 231 g/mol. The molecule has 0 bridgehead atoms. The van der Waals surface area contributed by atoms with Crippen molar-refractivity contribution in [1.82, 2.24) is 5.32 Å². The molecule has 1 heterocycles. The Morgan fingerprint density at radius 3 is 3.06 bits per heavy atom. The molecule has 0 amide bonds. The number of nitrogens with one attached hydrogen (secondary N) is 1. The van der Waals surface area contributed by atoms with Crippen molar-refractivity contribution in [3.8, 4) is 5.75 Å². The third-order valence-electron chi connectivity index (χ3n) is 3.76. The predicted molar refractivity (Wildman–Crippen MR) is 67.2 cm³/mol. The SMILES string of the molecule is COc1ccc2c(c1)CCCC21CN=C(N)N1. The average molecular weight is 231 g/mol. The summed E-state index contributed by atoms with van der Waals surface area (Å²) in [6.45, 7) is 0.748. The van der Waals surface area contributed by atoms with Crippen LogP contribution in [0.5, 0.6) is 5.75 Å². The molecule has 17 heavy (non-hydrogen) atoms. The molecule has 0 aromatic heterocycles. The van der Waals surface area contributed by atoms with Crippen LogP contribution in [0.15, 0.2) is 23.2 Å². The van der Waals surface area contributed by atoms with E-state index >= 15 is 0 Å². The molecule has 1 unspecified atom stereocenters. The summed E-state index contributed by atoms with van der Waals surface area (Å²) >= 11 is 0. The summed E-state index contributed by atoms with van der Waals surface area (Å²) in [7, 11) is 1.70. The van der Waals surface area contributed by atoms with Crippen molar-refractivity contribution in [3.05, 3.63) is 29.3 Å². The zero-order valence-electron chi connectivity index (χ0n) is 9.99. The minimum absolute atomic E-state index is 0.0655. The third kappa shape index (κ3) is 1.55. The third-order valence-corrected chi connectivity index (χ3v) is 3.76. The second-order valence-corrected chi connectivity index (χ2v) is 4.79. The molecule has 2 aliphatic rings. The van der Waals surface area contributed by atoms with Crippen LogP contribution in [0.25, 0.3) is 0 Å². The number of aryl methyl sites for hydroxylation is 1. The first kappa shape index (κ1) is 10.4. The predicted octanol–water partition coefficient (Wildman–Crippen LogP) is 1.14. The van der Waals surface area contributed by atoms with E-state index in [1.807, 2.05) is 6.07 Å². The maximum Gasteiger partial charge on any atom is 0.189 e. The van der Waals surface area contributed by atoms with Crippen LogP contribution in [0.1, 0.15) is 24.0 Å². The van der Waals surface area contributed by atoms with Gasteiger partial charge in [-0.15, -0.1) is 0 Å². The van der Waals surface area contributed by atoms with Gasteiger partial charge in [0.15, 0.2) is 5.96 Å². The highest BCUT2D eigenvalue weighted by molar-refractivity contribution is 5.81. The number of aliphatic imine (C=N–C) groups is 1. The number of rotatable bonds is 1. The minimum atomic E-state index is -0.0655. The molecule has 4 nitrogen and oxygen atoms in total. The van der Waals surface area contributed by atoms with Gasteiger partial charge in [-0.05, 0) is 42.5 Å². The Morgan fingerprint density at radius 2 is 2.35 bits per heavy atom. The molecule has 1 atom stereocenters. The summed E-state index contributed by atoms with van der Waals surface area (Å²) < 4.78 is 5.28. The lowest BCUT2D eigenvalue weighted by Gasteiger charge is -2.35. The second kappa shape index (κ2) is 3.65. The van der Waals surface area contributed by atoms with E-state index < -0.39 is 0 Å². The van der Waals surface area contributed by atoms with Crippen molar-refractivity contribution in [1.29, 1.82) is 0 Å². The lowest BCUT2D eigenvalue weighted by Crippen LogP contribution is -2.47. The maximum atomic E-state index is 5.77. The van der Waals surface area contributed by atoms with E-state index in [4.69, 9.17) is 10.5 Å². The second-order valence-electron chi connectivity index (χ2n) is 4.79. The molecule has 1 aliphatic heterocycles. The average Bonchev–Trinajstić information content (AvgIpc) is 2.71. The van der Waals surface area contributed by atoms with Gasteiger partial charge in [0.1, 0.15) is 5.75 Å². The van der Waals surface area contributed by atoms with Gasteiger partial charge in [-0.25, -0.2) is 0 Å². The van der Waals surface area contributed by atoms with E-state index in [9.17, 15) is 0 Å². The van der Waals surface area contributed by atoms with Crippen LogP contribution < -0.4 is 15.8 Å². The molecule has 0 saturated carbocycles. The summed E-state index contributed by atoms with van der Waals surface area (Å²) in [5.41, 5.74) is 8.38. The van der Waals surface area contributed by atoms with Crippen LogP contribution in [0, 0.1) is 0 Å². The highest BCUT2D eigenvalue weighted by Gasteiger charge is 2.39. The molecule has 0 saturated heterocycles. The number of fused-ring (bicyclic) bond motifs is 2. The first-order chi connectivity index (χ1) is 8.23. The lowest BCUT2D eigenvalue weighted by molar-refractivity contribution is 0.358. The van der Waals surface area contributed by atoms with E-state index in [0.717, 1.165) is 31.6 Å². The van der Waals surface area contributed by atoms with Gasteiger partial charge in [0, 0.05) is 0 Å². The summed E-state index contributed by atoms with van der Waals surface area (Å²) in [5.74, 6) is 1.49. The number of methoxy groups -OCH3 is 1. The molecule has 1 aliphatic carbocycles. The van der Waals surface area contributed by atoms with Gasteiger partial charge in [-0.2, -0.15) is 0 Å². The standard InChI is InChI=1S/C13H17N3O/c1-17-10-4-5-11-9(7-10)3-2-6-13(11)8-15-12(14)16-13/h4-5,7H,2-3,6,8H2,1H3,(H3,14,15,16). The number of nitrogens with zero attached hydrogens (tertiary/aromatic N) is 1. The zero-order chi connectivity index (χ0) is 11.9. The summed E-state index contributed by atoms with van der Waals surface area (Å²) in [4.78, 5) is 4.31. The van der Waals surface area contributed by atoms with E-state index in [1.54, 1.807) is 7.11 Å². The van der Waals surface area contributed by atoms with Gasteiger partial charge in [0.2, 0.25) is 0 Å². The van der Waals surface area contributed by atoms with Crippen molar-refractivity contribution in [3.63, 3.8) is 0 Å². The normalized spacial score (nSPS) is 26.3. The molecule has 1 spiro atoms. The van der Waals surface area contributed by atoms with Crippen molar-refractivity contribution in [2.75, 3.05) is 13.7 Å². The smallest absolute Gasteiger partial charge is 0.189 e. The Bertz CT molecular complexity index is 484. The van der Waals surface area contributed by atoms with E-state index in [-0.39, 0.29) is 5.54 Å². The first-order valence-corrected chi connectivity index (χ1v) is 5.99. The number of guanidine groups is 1. The van der Waals surface area contributed by atoms with Crippen LogP contribution in [-0.2, 0) is 12.0 Å². The Hall–Kier alpha value is -1.71. The Balaban J connectivity index is 2.03. The molecule has 1 aromatic carbocycles. The first-order valence-electron chi connectivity index (χ1n) is 5.99. The number of hydrogen-bond donors (Lipinski definition) is 2. The maximum absolute atomic E-state index is 5.77.